The summed E-state index contributed by atoms with van der Waals surface area (Å²) >= 11 is 0. The molecular weight excluding hydrogens is 332 g/mol. The number of hydrogen-bond donors (Lipinski definition) is 1. The monoisotopic (exact) mass is 352 g/mol. The molecule has 3 aromatic rings. The smallest absolute Gasteiger partial charge is 0.319 e. The zero-order valence-corrected chi connectivity index (χ0v) is 14.6. The summed E-state index contributed by atoms with van der Waals surface area (Å²) in [5.41, 5.74) is 2.00. The predicted octanol–water partition coefficient (Wildman–Crippen LogP) is 4.17. The van der Waals surface area contributed by atoms with E-state index in [4.69, 9.17) is 0 Å². The number of hydrogen-bond acceptors (Lipinski definition) is 2. The molecule has 1 N–H and O–H groups in total. The minimum Gasteiger partial charge on any atom is -0.480 e. The Morgan fingerprint density at radius 1 is 0.920 bits per heavy atom. The van der Waals surface area contributed by atoms with E-state index >= 15 is 0 Å². The van der Waals surface area contributed by atoms with Gasteiger partial charge in [-0.05, 0) is 34.7 Å². The third-order valence-corrected chi connectivity index (χ3v) is 5.98. The Kier molecular flexibility index (Phi) is 5.61. The number of carbonyl (C=O) groups is 1. The first kappa shape index (κ1) is 17.4. The maximum absolute atomic E-state index is 12.7. The van der Waals surface area contributed by atoms with Crippen molar-refractivity contribution in [2.75, 3.05) is 0 Å². The number of aryl methyl sites for hydroxylation is 1. The number of fused-ring (bicyclic) bond motifs is 1. The first-order chi connectivity index (χ1) is 12.1. The Labute approximate surface area is 149 Å². The summed E-state index contributed by atoms with van der Waals surface area (Å²) in [6, 6.07) is 23.5. The van der Waals surface area contributed by atoms with Gasteiger partial charge in [0.25, 0.3) is 0 Å². The number of carboxylic acid groups (broad SMARTS) is 1. The van der Waals surface area contributed by atoms with E-state index < -0.39 is 22.0 Å². The van der Waals surface area contributed by atoms with Crippen LogP contribution in [0.25, 0.3) is 10.8 Å². The second-order valence-corrected chi connectivity index (χ2v) is 7.63. The highest BCUT2D eigenvalue weighted by atomic mass is 32.2. The lowest BCUT2D eigenvalue weighted by Gasteiger charge is -2.13. The van der Waals surface area contributed by atoms with Crippen LogP contribution in [0.2, 0.25) is 0 Å². The van der Waals surface area contributed by atoms with E-state index in [0.29, 0.717) is 12.8 Å². The Bertz CT molecular complexity index is 885. The summed E-state index contributed by atoms with van der Waals surface area (Å²) in [6.45, 7) is 0. The molecule has 0 fully saturated rings. The standard InChI is InChI=1S/C21H20O3S/c22-21(23)20(14-13-16-7-2-1-3-8-16)25(24)15-18-11-6-10-17-9-4-5-12-19(17)18/h1-12,20H,13-15H2,(H,22,23). The highest BCUT2D eigenvalue weighted by Crippen LogP contribution is 2.21. The van der Waals surface area contributed by atoms with E-state index in [-0.39, 0.29) is 5.75 Å². The van der Waals surface area contributed by atoms with E-state index in [0.717, 1.165) is 21.9 Å². The number of aliphatic carboxylic acids is 1. The van der Waals surface area contributed by atoms with Crippen LogP contribution in [0.4, 0.5) is 0 Å². The zero-order chi connectivity index (χ0) is 17.6. The molecule has 25 heavy (non-hydrogen) atoms. The molecule has 4 heteroatoms. The van der Waals surface area contributed by atoms with E-state index in [1.54, 1.807) is 0 Å². The van der Waals surface area contributed by atoms with Crippen molar-refractivity contribution in [3.05, 3.63) is 83.9 Å². The fourth-order valence-corrected chi connectivity index (χ4v) is 4.35. The molecule has 3 rings (SSSR count). The molecule has 0 aromatic heterocycles. The van der Waals surface area contributed by atoms with Gasteiger partial charge < -0.3 is 5.11 Å². The second kappa shape index (κ2) is 8.08. The van der Waals surface area contributed by atoms with Gasteiger partial charge in [0.15, 0.2) is 0 Å². The molecule has 3 nitrogen and oxygen atoms in total. The Hall–Kier alpha value is -2.46. The van der Waals surface area contributed by atoms with Gasteiger partial charge in [0, 0.05) is 10.8 Å². The first-order valence-electron chi connectivity index (χ1n) is 8.25. The third-order valence-electron chi connectivity index (χ3n) is 4.31. The van der Waals surface area contributed by atoms with Crippen LogP contribution in [0.3, 0.4) is 0 Å². The molecule has 2 atom stereocenters. The molecule has 128 valence electrons. The van der Waals surface area contributed by atoms with Crippen LogP contribution >= 0.6 is 0 Å². The van der Waals surface area contributed by atoms with Crippen LogP contribution in [-0.4, -0.2) is 20.5 Å². The SMILES string of the molecule is O=C(O)C(CCc1ccccc1)S(=O)Cc1cccc2ccccc12. The van der Waals surface area contributed by atoms with Crippen LogP contribution in [0.1, 0.15) is 17.5 Å². The third kappa shape index (κ3) is 4.34. The fourth-order valence-electron chi connectivity index (χ4n) is 2.98. The van der Waals surface area contributed by atoms with Crippen molar-refractivity contribution in [1.82, 2.24) is 0 Å². The number of benzene rings is 3. The van der Waals surface area contributed by atoms with Gasteiger partial charge in [-0.15, -0.1) is 0 Å². The molecule has 0 spiro atoms. The van der Waals surface area contributed by atoms with Crippen molar-refractivity contribution in [3.8, 4) is 0 Å². The molecular formula is C21H20O3S. The maximum atomic E-state index is 12.7. The fraction of sp³-hybridized carbons (Fsp3) is 0.190. The van der Waals surface area contributed by atoms with Gasteiger partial charge in [0.05, 0.1) is 5.75 Å². The summed E-state index contributed by atoms with van der Waals surface area (Å²) in [7, 11) is -1.47. The second-order valence-electron chi connectivity index (χ2n) is 6.01. The van der Waals surface area contributed by atoms with Crippen molar-refractivity contribution in [2.24, 2.45) is 0 Å². The highest BCUT2D eigenvalue weighted by molar-refractivity contribution is 7.85. The quantitative estimate of drug-likeness (QED) is 0.694. The van der Waals surface area contributed by atoms with Crippen LogP contribution in [0.15, 0.2) is 72.8 Å². The topological polar surface area (TPSA) is 54.4 Å². The number of rotatable bonds is 7. The minimum atomic E-state index is -1.47. The average molecular weight is 352 g/mol. The van der Waals surface area contributed by atoms with E-state index in [1.165, 1.54) is 0 Å². The molecule has 0 amide bonds. The highest BCUT2D eigenvalue weighted by Gasteiger charge is 2.25. The summed E-state index contributed by atoms with van der Waals surface area (Å²) in [6.07, 6.45) is 0.982. The van der Waals surface area contributed by atoms with Gasteiger partial charge in [0.2, 0.25) is 0 Å². The van der Waals surface area contributed by atoms with E-state index in [1.807, 2.05) is 72.8 Å². The lowest BCUT2D eigenvalue weighted by atomic mass is 10.1. The molecule has 0 aliphatic carbocycles. The zero-order valence-electron chi connectivity index (χ0n) is 13.8. The summed E-state index contributed by atoms with van der Waals surface area (Å²) in [5, 5.41) is 10.8. The van der Waals surface area contributed by atoms with Crippen LogP contribution in [0, 0.1) is 0 Å². The molecule has 0 aliphatic heterocycles. The van der Waals surface area contributed by atoms with Gasteiger partial charge in [0.1, 0.15) is 5.25 Å². The summed E-state index contributed by atoms with van der Waals surface area (Å²) < 4.78 is 12.7. The molecule has 3 aromatic carbocycles. The molecule has 0 saturated heterocycles. The molecule has 0 bridgehead atoms. The summed E-state index contributed by atoms with van der Waals surface area (Å²) in [4.78, 5) is 11.6. The first-order valence-corrected chi connectivity index (χ1v) is 9.64. The Morgan fingerprint density at radius 2 is 1.60 bits per heavy atom. The predicted molar refractivity (Wildman–Crippen MR) is 102 cm³/mol. The molecule has 0 aliphatic rings. The molecule has 0 radical (unpaired) electrons. The van der Waals surface area contributed by atoms with Gasteiger partial charge in [-0.3, -0.25) is 9.00 Å². The molecule has 0 heterocycles. The van der Waals surface area contributed by atoms with E-state index in [9.17, 15) is 14.1 Å². The van der Waals surface area contributed by atoms with Gasteiger partial charge >= 0.3 is 5.97 Å². The summed E-state index contributed by atoms with van der Waals surface area (Å²) in [5.74, 6) is -0.734. The van der Waals surface area contributed by atoms with Gasteiger partial charge in [-0.2, -0.15) is 0 Å². The average Bonchev–Trinajstić information content (AvgIpc) is 2.63. The van der Waals surface area contributed by atoms with Gasteiger partial charge in [-0.1, -0.05) is 72.8 Å². The normalized spacial score (nSPS) is 13.4. The largest absolute Gasteiger partial charge is 0.480 e. The van der Waals surface area contributed by atoms with Crippen molar-refractivity contribution in [3.63, 3.8) is 0 Å². The Morgan fingerprint density at radius 3 is 2.36 bits per heavy atom. The lowest BCUT2D eigenvalue weighted by molar-refractivity contribution is -0.136. The molecule has 2 unspecified atom stereocenters. The van der Waals surface area contributed by atoms with Gasteiger partial charge in [-0.25, -0.2) is 0 Å². The lowest BCUT2D eigenvalue weighted by Crippen LogP contribution is -2.27. The molecule has 0 saturated carbocycles. The Balaban J connectivity index is 1.75. The van der Waals surface area contributed by atoms with Crippen LogP contribution in [0.5, 0.6) is 0 Å². The van der Waals surface area contributed by atoms with Crippen LogP contribution in [-0.2, 0) is 27.8 Å². The van der Waals surface area contributed by atoms with Crippen molar-refractivity contribution >= 4 is 27.5 Å². The van der Waals surface area contributed by atoms with Crippen molar-refractivity contribution < 1.29 is 14.1 Å². The minimum absolute atomic E-state index is 0.257. The van der Waals surface area contributed by atoms with Crippen molar-refractivity contribution in [1.29, 1.82) is 0 Å². The van der Waals surface area contributed by atoms with Crippen molar-refractivity contribution in [2.45, 2.75) is 23.8 Å². The maximum Gasteiger partial charge on any atom is 0.319 e. The van der Waals surface area contributed by atoms with E-state index in [2.05, 4.69) is 0 Å². The number of carboxylic acids is 1. The van der Waals surface area contributed by atoms with Crippen LogP contribution < -0.4 is 0 Å².